The molecular weight excluding hydrogens is 617 g/mol. The van der Waals surface area contributed by atoms with Gasteiger partial charge in [-0.05, 0) is 124 Å². The van der Waals surface area contributed by atoms with Gasteiger partial charge in [-0.3, -0.25) is 0 Å². The molecule has 2 nitrogen and oxygen atoms in total. The molecule has 0 bridgehead atoms. The van der Waals surface area contributed by atoms with Crippen molar-refractivity contribution in [2.45, 2.75) is 122 Å². The number of nitrogens with zero attached hydrogens (tertiary/aromatic N) is 2. The molecule has 51 heavy (non-hydrogen) atoms. The van der Waals surface area contributed by atoms with Gasteiger partial charge in [-0.25, -0.2) is 0 Å². The number of benzene rings is 1. The minimum atomic E-state index is 0.0180. The van der Waals surface area contributed by atoms with E-state index in [1.165, 1.54) is 50.5 Å². The lowest BCUT2D eigenvalue weighted by Gasteiger charge is -2.31. The fourth-order valence-electron chi connectivity index (χ4n) is 6.31. The number of hydrogen-bond acceptors (Lipinski definition) is 2. The summed E-state index contributed by atoms with van der Waals surface area (Å²) < 4.78 is 0. The van der Waals surface area contributed by atoms with Crippen LogP contribution in [0.5, 0.6) is 0 Å². The molecule has 0 amide bonds. The molecule has 0 aliphatic heterocycles. The molecule has 2 heteroatoms. The molecule has 0 saturated carbocycles. The Kier molecular flexibility index (Phi) is 16.3. The Hall–Kier alpha value is -3.78. The molecule has 1 aromatic rings. The van der Waals surface area contributed by atoms with Gasteiger partial charge in [0.15, 0.2) is 0 Å². The van der Waals surface area contributed by atoms with E-state index in [-0.39, 0.29) is 10.8 Å². The minimum absolute atomic E-state index is 0.0180. The molecule has 0 heterocycles. The highest BCUT2D eigenvalue weighted by Crippen LogP contribution is 2.34. The third-order valence-electron chi connectivity index (χ3n) is 9.92. The van der Waals surface area contributed by atoms with Crippen LogP contribution < -0.4 is 4.90 Å². The van der Waals surface area contributed by atoms with Gasteiger partial charge in [0, 0.05) is 35.9 Å². The summed E-state index contributed by atoms with van der Waals surface area (Å²) in [5.41, 5.74) is 13.8. The maximum atomic E-state index is 4.64. The van der Waals surface area contributed by atoms with Crippen LogP contribution in [0.2, 0.25) is 0 Å². The van der Waals surface area contributed by atoms with E-state index in [1.54, 1.807) is 0 Å². The highest BCUT2D eigenvalue weighted by molar-refractivity contribution is 5.64. The van der Waals surface area contributed by atoms with Crippen molar-refractivity contribution in [2.75, 3.05) is 18.0 Å². The van der Waals surface area contributed by atoms with Crippen LogP contribution in [0.4, 0.5) is 5.69 Å². The molecule has 0 radical (unpaired) electrons. The van der Waals surface area contributed by atoms with Gasteiger partial charge < -0.3 is 9.80 Å². The van der Waals surface area contributed by atoms with Gasteiger partial charge in [-0.1, -0.05) is 146 Å². The summed E-state index contributed by atoms with van der Waals surface area (Å²) in [4.78, 5) is 4.84. The third kappa shape index (κ3) is 13.4. The van der Waals surface area contributed by atoms with Crippen molar-refractivity contribution in [1.29, 1.82) is 0 Å². The van der Waals surface area contributed by atoms with E-state index in [1.807, 2.05) is 0 Å². The van der Waals surface area contributed by atoms with E-state index >= 15 is 0 Å². The first-order valence-electron chi connectivity index (χ1n) is 19.1. The predicted octanol–water partition coefficient (Wildman–Crippen LogP) is 14.2. The van der Waals surface area contributed by atoms with E-state index in [0.29, 0.717) is 11.8 Å². The van der Waals surface area contributed by atoms with Crippen LogP contribution in [0.15, 0.2) is 132 Å². The number of anilines is 1. The fraction of sp³-hybridized carbons (Fsp3) is 0.469. The van der Waals surface area contributed by atoms with Crippen LogP contribution in [-0.4, -0.2) is 18.0 Å². The Bertz CT molecular complexity index is 1600. The zero-order valence-corrected chi connectivity index (χ0v) is 35.3. The summed E-state index contributed by atoms with van der Waals surface area (Å²) in [5, 5.41) is 0. The molecule has 1 aliphatic rings. The first-order valence-corrected chi connectivity index (χ1v) is 19.1. The summed E-state index contributed by atoms with van der Waals surface area (Å²) in [6.45, 7) is 44.0. The molecule has 0 aromatic heterocycles. The summed E-state index contributed by atoms with van der Waals surface area (Å²) in [6, 6.07) is 4.75. The van der Waals surface area contributed by atoms with Crippen LogP contribution in [0.25, 0.3) is 0 Å². The molecule has 278 valence electrons. The van der Waals surface area contributed by atoms with Gasteiger partial charge in [-0.2, -0.15) is 0 Å². The Labute approximate surface area is 315 Å². The average molecular weight is 689 g/mol. The maximum Gasteiger partial charge on any atom is 0.0470 e. The van der Waals surface area contributed by atoms with E-state index < -0.39 is 0 Å². The van der Waals surface area contributed by atoms with Crippen molar-refractivity contribution < 1.29 is 0 Å². The van der Waals surface area contributed by atoms with E-state index in [4.69, 9.17) is 0 Å². The molecule has 1 aromatic carbocycles. The number of hydrogen-bond donors (Lipinski definition) is 0. The van der Waals surface area contributed by atoms with Gasteiger partial charge in [0.25, 0.3) is 0 Å². The predicted molar refractivity (Wildman–Crippen MR) is 230 cm³/mol. The van der Waals surface area contributed by atoms with Crippen LogP contribution >= 0.6 is 0 Å². The summed E-state index contributed by atoms with van der Waals surface area (Å²) in [5.74, 6) is 1.00. The number of allylic oxidation sites excluding steroid dienone is 14. The maximum absolute atomic E-state index is 4.64. The molecular formula is C49H72N2. The molecule has 0 fully saturated rings. The molecule has 1 aliphatic carbocycles. The van der Waals surface area contributed by atoms with Crippen molar-refractivity contribution in [2.24, 2.45) is 17.3 Å². The van der Waals surface area contributed by atoms with Crippen molar-refractivity contribution in [3.05, 3.63) is 148 Å². The lowest BCUT2D eigenvalue weighted by atomic mass is 9.84. The molecule has 2 rings (SSSR count). The molecule has 0 saturated heterocycles. The molecule has 0 spiro atoms. The smallest absolute Gasteiger partial charge is 0.0470 e. The Balaban J connectivity index is 2.59. The minimum Gasteiger partial charge on any atom is -0.341 e. The largest absolute Gasteiger partial charge is 0.341 e. The Morgan fingerprint density at radius 2 is 1.57 bits per heavy atom. The zero-order chi connectivity index (χ0) is 38.7. The van der Waals surface area contributed by atoms with Gasteiger partial charge in [-0.15, -0.1) is 0 Å². The van der Waals surface area contributed by atoms with E-state index in [2.05, 4.69) is 206 Å². The van der Waals surface area contributed by atoms with Crippen molar-refractivity contribution in [3.63, 3.8) is 0 Å². The second kappa shape index (κ2) is 19.2. The quantitative estimate of drug-likeness (QED) is 0.134. The first-order chi connectivity index (χ1) is 23.7. The highest BCUT2D eigenvalue weighted by Gasteiger charge is 2.21. The summed E-state index contributed by atoms with van der Waals surface area (Å²) in [7, 11) is 0. The second-order valence-corrected chi connectivity index (χ2v) is 16.9. The standard InChI is InChI=1S/C49H72N2/c1-18-21-43-25-27-46(28-26-43)51(34-36(5)31-44(30-35(3)4)48(12,13)14)41(10)22-20-29-50(42(11)24-23-38(7)37(6)19-2)47-39(8)32-45(33-40(47)9)49(15,16)17/h18,20-25,27-28,30-33,37,43H,3,10,19,26,29,34H2,1-2,4-9,11-17H3/b21-18-,22-20-,36-31-,38-23+,42-24+,44-30+. The second-order valence-electron chi connectivity index (χ2n) is 16.9. The van der Waals surface area contributed by atoms with Gasteiger partial charge in [0.2, 0.25) is 0 Å². The third-order valence-corrected chi connectivity index (χ3v) is 9.92. The summed E-state index contributed by atoms with van der Waals surface area (Å²) >= 11 is 0. The van der Waals surface area contributed by atoms with Crippen molar-refractivity contribution in [1.82, 2.24) is 4.90 Å². The fourth-order valence-corrected chi connectivity index (χ4v) is 6.31. The Morgan fingerprint density at radius 1 is 0.941 bits per heavy atom. The van der Waals surface area contributed by atoms with Gasteiger partial charge in [0.05, 0.1) is 0 Å². The lowest BCUT2D eigenvalue weighted by Crippen LogP contribution is -2.25. The van der Waals surface area contributed by atoms with Gasteiger partial charge >= 0.3 is 0 Å². The normalized spacial score (nSPS) is 17.3. The van der Waals surface area contributed by atoms with Crippen molar-refractivity contribution >= 4 is 5.69 Å². The number of rotatable bonds is 15. The number of aryl methyl sites for hydroxylation is 2. The van der Waals surface area contributed by atoms with E-state index in [9.17, 15) is 0 Å². The summed E-state index contributed by atoms with van der Waals surface area (Å²) in [6.07, 6.45) is 27.1. The Morgan fingerprint density at radius 3 is 2.06 bits per heavy atom. The lowest BCUT2D eigenvalue weighted by molar-refractivity contribution is 0.481. The van der Waals surface area contributed by atoms with Crippen LogP contribution in [0.1, 0.15) is 120 Å². The van der Waals surface area contributed by atoms with Crippen LogP contribution in [-0.2, 0) is 5.41 Å². The SMILES string of the molecule is C=C(C)/C=C(\C=C(\C)CN(C(=C)/C=C\CN(/C(C)=C/C=C(\C)C(C)CC)c1c(C)cc(C(C)(C)C)cc1C)C1=CCC(/C=C\C)C=C1)C(C)(C)C. The zero-order valence-electron chi connectivity index (χ0n) is 35.3. The van der Waals surface area contributed by atoms with E-state index in [0.717, 1.165) is 37.2 Å². The van der Waals surface area contributed by atoms with Crippen LogP contribution in [0.3, 0.4) is 0 Å². The monoisotopic (exact) mass is 689 g/mol. The molecule has 2 atom stereocenters. The van der Waals surface area contributed by atoms with Crippen molar-refractivity contribution in [3.8, 4) is 0 Å². The average Bonchev–Trinajstić information content (AvgIpc) is 3.03. The molecule has 2 unspecified atom stereocenters. The highest BCUT2D eigenvalue weighted by atomic mass is 15.2. The van der Waals surface area contributed by atoms with Gasteiger partial charge in [0.1, 0.15) is 0 Å². The first kappa shape index (κ1) is 43.4. The molecule has 0 N–H and O–H groups in total. The topological polar surface area (TPSA) is 6.48 Å². The van der Waals surface area contributed by atoms with Crippen LogP contribution in [0, 0.1) is 31.1 Å².